The van der Waals surface area contributed by atoms with Gasteiger partial charge in [-0.15, -0.1) is 0 Å². The predicted octanol–water partition coefficient (Wildman–Crippen LogP) is 11.5. The first-order chi connectivity index (χ1) is 23.8. The van der Waals surface area contributed by atoms with Gasteiger partial charge in [-0.3, -0.25) is 4.98 Å². The number of rotatable bonds is 7. The fraction of sp³-hybridized carbons (Fsp3) is 0. The van der Waals surface area contributed by atoms with Crippen LogP contribution in [0.15, 0.2) is 188 Å². The van der Waals surface area contributed by atoms with Gasteiger partial charge in [0.05, 0.1) is 11.4 Å². The third-order valence-electron chi connectivity index (χ3n) is 8.57. The van der Waals surface area contributed by atoms with Crippen LogP contribution in [-0.2, 0) is 0 Å². The van der Waals surface area contributed by atoms with Gasteiger partial charge < -0.3 is 0 Å². The van der Waals surface area contributed by atoms with Crippen molar-refractivity contribution in [1.82, 2.24) is 15.0 Å². The number of nitrogens with zero attached hydrogens (tertiary/aromatic N) is 3. The van der Waals surface area contributed by atoms with E-state index >= 15 is 0 Å². The second-order valence-electron chi connectivity index (χ2n) is 11.8. The molecule has 0 unspecified atom stereocenters. The Morgan fingerprint density at radius 2 is 0.604 bits per heavy atom. The van der Waals surface area contributed by atoms with Crippen LogP contribution < -0.4 is 0 Å². The SMILES string of the molecule is c1ccc(-c2cccc(-c3cccc(-c4cc(-c5ccncc5)cc(-c5nc(-c6ccccc6)cc(-c6ccccc6)n5)c4)c3)c2)cc1. The zero-order valence-electron chi connectivity index (χ0n) is 26.2. The number of hydrogen-bond donors (Lipinski definition) is 0. The molecule has 2 heterocycles. The maximum Gasteiger partial charge on any atom is 0.160 e. The molecule has 0 fully saturated rings. The molecule has 0 atom stereocenters. The highest BCUT2D eigenvalue weighted by atomic mass is 14.9. The molecule has 0 aliphatic heterocycles. The first-order valence-corrected chi connectivity index (χ1v) is 16.1. The van der Waals surface area contributed by atoms with E-state index in [4.69, 9.17) is 9.97 Å². The van der Waals surface area contributed by atoms with Crippen molar-refractivity contribution in [2.24, 2.45) is 0 Å². The van der Waals surface area contributed by atoms with Crippen LogP contribution >= 0.6 is 0 Å². The maximum atomic E-state index is 5.15. The molecule has 0 saturated heterocycles. The van der Waals surface area contributed by atoms with Gasteiger partial charge in [0.1, 0.15) is 0 Å². The molecule has 0 aliphatic carbocycles. The summed E-state index contributed by atoms with van der Waals surface area (Å²) in [5.41, 5.74) is 13.9. The molecule has 48 heavy (non-hydrogen) atoms. The van der Waals surface area contributed by atoms with Gasteiger partial charge in [0.25, 0.3) is 0 Å². The Hall–Kier alpha value is -6.45. The Bertz CT molecular complexity index is 2260. The molecule has 0 aliphatic rings. The van der Waals surface area contributed by atoms with Gasteiger partial charge in [0, 0.05) is 29.1 Å². The molecule has 0 spiro atoms. The summed E-state index contributed by atoms with van der Waals surface area (Å²) in [6.07, 6.45) is 3.67. The summed E-state index contributed by atoms with van der Waals surface area (Å²) in [5.74, 6) is 0.680. The van der Waals surface area contributed by atoms with E-state index in [1.54, 1.807) is 0 Å². The van der Waals surface area contributed by atoms with Crippen molar-refractivity contribution in [2.45, 2.75) is 0 Å². The second-order valence-corrected chi connectivity index (χ2v) is 11.8. The van der Waals surface area contributed by atoms with Crippen molar-refractivity contribution in [3.8, 4) is 78.4 Å². The molecule has 3 heteroatoms. The van der Waals surface area contributed by atoms with Gasteiger partial charge in [-0.05, 0) is 93.0 Å². The van der Waals surface area contributed by atoms with E-state index in [2.05, 4.69) is 132 Å². The molecule has 6 aromatic carbocycles. The summed E-state index contributed by atoms with van der Waals surface area (Å²) in [4.78, 5) is 14.6. The standard InChI is InChI=1S/C45H31N3/c1-4-12-32(13-5-1)36-18-10-19-37(26-36)38-20-11-21-39(27-38)41-28-40(33-22-24-46-25-23-33)29-42(30-41)45-47-43(34-14-6-2-7-15-34)31-44(48-45)35-16-8-3-9-17-35/h1-31H. The van der Waals surface area contributed by atoms with Gasteiger partial charge in [-0.2, -0.15) is 0 Å². The highest BCUT2D eigenvalue weighted by Gasteiger charge is 2.14. The smallest absolute Gasteiger partial charge is 0.160 e. The maximum absolute atomic E-state index is 5.15. The molecule has 0 bridgehead atoms. The van der Waals surface area contributed by atoms with E-state index in [9.17, 15) is 0 Å². The van der Waals surface area contributed by atoms with Crippen molar-refractivity contribution in [3.05, 3.63) is 188 Å². The third kappa shape index (κ3) is 6.18. The Balaban J connectivity index is 1.28. The topological polar surface area (TPSA) is 38.7 Å². The normalized spacial score (nSPS) is 10.9. The molecule has 0 radical (unpaired) electrons. The van der Waals surface area contributed by atoms with Crippen molar-refractivity contribution in [2.75, 3.05) is 0 Å². The molecule has 0 N–H and O–H groups in total. The van der Waals surface area contributed by atoms with Crippen LogP contribution in [0.3, 0.4) is 0 Å². The third-order valence-corrected chi connectivity index (χ3v) is 8.57. The summed E-state index contributed by atoms with van der Waals surface area (Å²) in [5, 5.41) is 0. The summed E-state index contributed by atoms with van der Waals surface area (Å²) >= 11 is 0. The lowest BCUT2D eigenvalue weighted by Crippen LogP contribution is -1.97. The average molecular weight is 614 g/mol. The van der Waals surface area contributed by atoms with Gasteiger partial charge in [0.15, 0.2) is 5.82 Å². The quantitative estimate of drug-likeness (QED) is 0.179. The van der Waals surface area contributed by atoms with E-state index in [-0.39, 0.29) is 0 Å². The monoisotopic (exact) mass is 613 g/mol. The lowest BCUT2D eigenvalue weighted by molar-refractivity contribution is 1.18. The molecule has 2 aromatic heterocycles. The van der Waals surface area contributed by atoms with Crippen LogP contribution in [0.25, 0.3) is 78.4 Å². The van der Waals surface area contributed by atoms with Gasteiger partial charge in [-0.1, -0.05) is 127 Å². The number of benzene rings is 6. The first-order valence-electron chi connectivity index (χ1n) is 16.1. The van der Waals surface area contributed by atoms with Gasteiger partial charge in [0.2, 0.25) is 0 Å². The second kappa shape index (κ2) is 13.1. The van der Waals surface area contributed by atoms with Crippen LogP contribution in [0.5, 0.6) is 0 Å². The Labute approximate surface area is 280 Å². The largest absolute Gasteiger partial charge is 0.265 e. The van der Waals surface area contributed by atoms with Crippen LogP contribution in [0.4, 0.5) is 0 Å². The van der Waals surface area contributed by atoms with Crippen molar-refractivity contribution in [1.29, 1.82) is 0 Å². The van der Waals surface area contributed by atoms with Gasteiger partial charge >= 0.3 is 0 Å². The summed E-state index contributed by atoms with van der Waals surface area (Å²) in [6.45, 7) is 0. The first kappa shape index (κ1) is 29.0. The molecule has 0 saturated carbocycles. The molecular formula is C45H31N3. The summed E-state index contributed by atoms with van der Waals surface area (Å²) in [7, 11) is 0. The van der Waals surface area contributed by atoms with Crippen molar-refractivity contribution in [3.63, 3.8) is 0 Å². The lowest BCUT2D eigenvalue weighted by atomic mass is 9.93. The zero-order valence-corrected chi connectivity index (χ0v) is 26.2. The number of hydrogen-bond acceptors (Lipinski definition) is 3. The molecule has 8 aromatic rings. The fourth-order valence-corrected chi connectivity index (χ4v) is 6.11. The molecular weight excluding hydrogens is 583 g/mol. The lowest BCUT2D eigenvalue weighted by Gasteiger charge is -2.14. The van der Waals surface area contributed by atoms with Crippen LogP contribution in [0, 0.1) is 0 Å². The van der Waals surface area contributed by atoms with E-state index < -0.39 is 0 Å². The zero-order chi connectivity index (χ0) is 32.1. The van der Waals surface area contributed by atoms with Gasteiger partial charge in [-0.25, -0.2) is 9.97 Å². The van der Waals surface area contributed by atoms with Crippen LogP contribution in [0.1, 0.15) is 0 Å². The minimum absolute atomic E-state index is 0.680. The van der Waals surface area contributed by atoms with E-state index in [0.717, 1.165) is 55.9 Å². The Morgan fingerprint density at radius 1 is 0.250 bits per heavy atom. The highest BCUT2D eigenvalue weighted by molar-refractivity contribution is 5.83. The Kier molecular flexibility index (Phi) is 7.92. The fourth-order valence-electron chi connectivity index (χ4n) is 6.11. The van der Waals surface area contributed by atoms with E-state index in [0.29, 0.717) is 5.82 Å². The van der Waals surface area contributed by atoms with Crippen LogP contribution in [0.2, 0.25) is 0 Å². The van der Waals surface area contributed by atoms with Crippen molar-refractivity contribution < 1.29 is 0 Å². The highest BCUT2D eigenvalue weighted by Crippen LogP contribution is 2.36. The van der Waals surface area contributed by atoms with Crippen LogP contribution in [-0.4, -0.2) is 15.0 Å². The molecule has 3 nitrogen and oxygen atoms in total. The summed E-state index contributed by atoms with van der Waals surface area (Å²) in [6, 6.07) is 61.5. The minimum atomic E-state index is 0.680. The predicted molar refractivity (Wildman–Crippen MR) is 198 cm³/mol. The summed E-state index contributed by atoms with van der Waals surface area (Å²) < 4.78 is 0. The number of pyridine rings is 1. The number of aromatic nitrogens is 3. The molecule has 0 amide bonds. The van der Waals surface area contributed by atoms with E-state index in [1.807, 2.05) is 60.9 Å². The molecule has 8 rings (SSSR count). The minimum Gasteiger partial charge on any atom is -0.265 e. The Morgan fingerprint density at radius 3 is 1.12 bits per heavy atom. The molecule has 226 valence electrons. The van der Waals surface area contributed by atoms with E-state index in [1.165, 1.54) is 16.7 Å². The van der Waals surface area contributed by atoms with Crippen molar-refractivity contribution >= 4 is 0 Å². The average Bonchev–Trinajstić information content (AvgIpc) is 3.19.